The molecule has 0 spiro atoms. The first-order valence-corrected chi connectivity index (χ1v) is 6.30. The minimum absolute atomic E-state index is 0.0487. The lowest BCUT2D eigenvalue weighted by Gasteiger charge is -2.21. The number of nitrogens with one attached hydrogen (secondary N) is 2. The summed E-state index contributed by atoms with van der Waals surface area (Å²) < 4.78 is 38.9. The van der Waals surface area contributed by atoms with Gasteiger partial charge in [0.2, 0.25) is 5.13 Å². The molecule has 0 saturated heterocycles. The van der Waals surface area contributed by atoms with Gasteiger partial charge in [0.25, 0.3) is 0 Å². The molecular weight excluding hydrogens is 293 g/mol. The van der Waals surface area contributed by atoms with E-state index in [-0.39, 0.29) is 10.7 Å². The van der Waals surface area contributed by atoms with Crippen molar-refractivity contribution >= 4 is 22.5 Å². The molecule has 2 aromatic rings. The van der Waals surface area contributed by atoms with E-state index >= 15 is 0 Å². The number of urea groups is 1. The summed E-state index contributed by atoms with van der Waals surface area (Å²) in [6, 6.07) is 4.05. The zero-order chi connectivity index (χ0) is 14.6. The summed E-state index contributed by atoms with van der Waals surface area (Å²) >= 11 is 1.01. The smallest absolute Gasteiger partial charge is 0.322 e. The monoisotopic (exact) mass is 302 g/mol. The summed E-state index contributed by atoms with van der Waals surface area (Å²) in [4.78, 5) is 11.6. The first-order chi connectivity index (χ1) is 9.47. The van der Waals surface area contributed by atoms with Gasteiger partial charge in [0.1, 0.15) is 5.51 Å². The van der Waals surface area contributed by atoms with Crippen LogP contribution in [0.4, 0.5) is 23.1 Å². The van der Waals surface area contributed by atoms with Crippen LogP contribution >= 0.6 is 11.3 Å². The molecule has 0 saturated carbocycles. The van der Waals surface area contributed by atoms with Gasteiger partial charge in [-0.15, -0.1) is 10.2 Å². The first kappa shape index (κ1) is 14.3. The minimum atomic E-state index is -4.60. The molecule has 0 radical (unpaired) electrons. The number of amides is 2. The lowest BCUT2D eigenvalue weighted by atomic mass is 10.1. The molecule has 0 aliphatic carbocycles. The van der Waals surface area contributed by atoms with Crippen molar-refractivity contribution in [1.29, 1.82) is 0 Å². The minimum Gasteiger partial charge on any atom is -0.322 e. The van der Waals surface area contributed by atoms with Gasteiger partial charge < -0.3 is 5.32 Å². The fourth-order valence-corrected chi connectivity index (χ4v) is 1.93. The van der Waals surface area contributed by atoms with E-state index in [1.807, 2.05) is 5.32 Å². The molecule has 0 fully saturated rings. The number of carbonyl (C=O) groups is 1. The summed E-state index contributed by atoms with van der Waals surface area (Å²) in [7, 11) is 0. The Labute approximate surface area is 115 Å². The molecule has 106 valence electrons. The number of carbonyl (C=O) groups excluding carboxylic acids is 1. The average Bonchev–Trinajstić information content (AvgIpc) is 2.88. The van der Waals surface area contributed by atoms with Crippen LogP contribution in [-0.4, -0.2) is 22.4 Å². The van der Waals surface area contributed by atoms with E-state index in [2.05, 4.69) is 15.5 Å². The van der Waals surface area contributed by atoms with Crippen molar-refractivity contribution in [3.05, 3.63) is 41.4 Å². The van der Waals surface area contributed by atoms with E-state index in [1.165, 1.54) is 29.8 Å². The van der Waals surface area contributed by atoms with Crippen LogP contribution in [0.2, 0.25) is 0 Å². The van der Waals surface area contributed by atoms with Crippen molar-refractivity contribution in [3.63, 3.8) is 0 Å². The van der Waals surface area contributed by atoms with Gasteiger partial charge in [-0.3, -0.25) is 5.32 Å². The fraction of sp³-hybridized carbons (Fsp3) is 0.182. The molecular formula is C11H9F3N4OS. The van der Waals surface area contributed by atoms with Crippen molar-refractivity contribution in [3.8, 4) is 0 Å². The third kappa shape index (κ3) is 3.67. The predicted octanol–water partition coefficient (Wildman–Crippen LogP) is 2.96. The summed E-state index contributed by atoms with van der Waals surface area (Å²) in [6.07, 6.45) is -4.60. The second-order valence-electron chi connectivity index (χ2n) is 3.73. The van der Waals surface area contributed by atoms with Gasteiger partial charge in [0.05, 0.1) is 0 Å². The zero-order valence-corrected chi connectivity index (χ0v) is 10.7. The van der Waals surface area contributed by atoms with E-state index in [1.54, 1.807) is 6.07 Å². The molecule has 1 heterocycles. The number of benzene rings is 1. The number of hydrogen-bond acceptors (Lipinski definition) is 4. The zero-order valence-electron chi connectivity index (χ0n) is 9.89. The van der Waals surface area contributed by atoms with Gasteiger partial charge in [-0.1, -0.05) is 41.7 Å². The number of aromatic nitrogens is 2. The van der Waals surface area contributed by atoms with Gasteiger partial charge in [-0.2, -0.15) is 13.2 Å². The lowest BCUT2D eigenvalue weighted by molar-refractivity contribution is -0.154. The van der Waals surface area contributed by atoms with Gasteiger partial charge in [-0.25, -0.2) is 4.79 Å². The van der Waals surface area contributed by atoms with Crippen LogP contribution in [0.5, 0.6) is 0 Å². The van der Waals surface area contributed by atoms with E-state index in [0.717, 1.165) is 11.3 Å². The number of hydrogen-bond donors (Lipinski definition) is 2. The highest BCUT2D eigenvalue weighted by atomic mass is 32.1. The van der Waals surface area contributed by atoms with Crippen LogP contribution in [0.25, 0.3) is 0 Å². The van der Waals surface area contributed by atoms with E-state index in [4.69, 9.17) is 0 Å². The number of halogens is 3. The van der Waals surface area contributed by atoms with Crippen LogP contribution < -0.4 is 10.6 Å². The second kappa shape index (κ2) is 5.87. The van der Waals surface area contributed by atoms with Crippen molar-refractivity contribution in [2.45, 2.75) is 12.2 Å². The van der Waals surface area contributed by atoms with Crippen molar-refractivity contribution in [2.24, 2.45) is 0 Å². The largest absolute Gasteiger partial charge is 0.412 e. The summed E-state index contributed by atoms with van der Waals surface area (Å²) in [5, 5.41) is 11.2. The highest BCUT2D eigenvalue weighted by Crippen LogP contribution is 2.32. The molecule has 0 bridgehead atoms. The Morgan fingerprint density at radius 2 is 1.95 bits per heavy atom. The molecule has 5 nitrogen and oxygen atoms in total. The van der Waals surface area contributed by atoms with Crippen molar-refractivity contribution < 1.29 is 18.0 Å². The van der Waals surface area contributed by atoms with Crippen molar-refractivity contribution in [1.82, 2.24) is 15.5 Å². The van der Waals surface area contributed by atoms with Gasteiger partial charge in [0.15, 0.2) is 6.04 Å². The SMILES string of the molecule is O=C(Nc1nncs1)NC(c1ccccc1)C(F)(F)F. The number of anilines is 1. The number of rotatable bonds is 3. The van der Waals surface area contributed by atoms with Crippen LogP contribution in [0.3, 0.4) is 0 Å². The number of alkyl halides is 3. The fourth-order valence-electron chi connectivity index (χ4n) is 1.49. The van der Waals surface area contributed by atoms with E-state index in [0.29, 0.717) is 0 Å². The molecule has 1 aromatic carbocycles. The molecule has 0 aliphatic heterocycles. The van der Waals surface area contributed by atoms with Gasteiger partial charge >= 0.3 is 12.2 Å². The molecule has 1 aromatic heterocycles. The predicted molar refractivity (Wildman–Crippen MR) is 67.3 cm³/mol. The Bertz CT molecular complexity index is 559. The molecule has 20 heavy (non-hydrogen) atoms. The first-order valence-electron chi connectivity index (χ1n) is 5.42. The molecule has 9 heteroatoms. The van der Waals surface area contributed by atoms with E-state index < -0.39 is 18.2 Å². The van der Waals surface area contributed by atoms with Gasteiger partial charge in [-0.05, 0) is 5.56 Å². The van der Waals surface area contributed by atoms with Gasteiger partial charge in [0, 0.05) is 0 Å². The quantitative estimate of drug-likeness (QED) is 0.916. The highest BCUT2D eigenvalue weighted by Gasteiger charge is 2.41. The molecule has 0 aliphatic rings. The lowest BCUT2D eigenvalue weighted by Crippen LogP contribution is -2.40. The highest BCUT2D eigenvalue weighted by molar-refractivity contribution is 7.13. The van der Waals surface area contributed by atoms with E-state index in [9.17, 15) is 18.0 Å². The molecule has 1 atom stereocenters. The summed E-state index contributed by atoms with van der Waals surface area (Å²) in [5.74, 6) is 0. The Morgan fingerprint density at radius 1 is 1.25 bits per heavy atom. The maximum absolute atomic E-state index is 13.0. The molecule has 2 N–H and O–H groups in total. The summed E-state index contributed by atoms with van der Waals surface area (Å²) in [5.41, 5.74) is 1.31. The summed E-state index contributed by atoms with van der Waals surface area (Å²) in [6.45, 7) is 0. The topological polar surface area (TPSA) is 66.9 Å². The Kier molecular flexibility index (Phi) is 4.18. The average molecular weight is 302 g/mol. The Hall–Kier alpha value is -2.16. The maximum Gasteiger partial charge on any atom is 0.412 e. The van der Waals surface area contributed by atoms with Crippen LogP contribution in [-0.2, 0) is 0 Å². The van der Waals surface area contributed by atoms with Crippen LogP contribution in [0.15, 0.2) is 35.8 Å². The standard InChI is InChI=1S/C11H9F3N4OS/c12-11(13,14)8(7-4-2-1-3-5-7)16-9(19)17-10-18-15-6-20-10/h1-6,8H,(H2,16,17,18,19). The molecule has 1 unspecified atom stereocenters. The normalized spacial score (nSPS) is 12.8. The molecule has 2 rings (SSSR count). The maximum atomic E-state index is 13.0. The second-order valence-corrected chi connectivity index (χ2v) is 4.56. The third-order valence-electron chi connectivity index (χ3n) is 2.32. The molecule has 2 amide bonds. The Morgan fingerprint density at radius 3 is 2.50 bits per heavy atom. The van der Waals surface area contributed by atoms with Crippen LogP contribution in [0, 0.1) is 0 Å². The Balaban J connectivity index is 2.11. The number of nitrogens with zero attached hydrogens (tertiary/aromatic N) is 2. The van der Waals surface area contributed by atoms with Crippen molar-refractivity contribution in [2.75, 3.05) is 5.32 Å². The third-order valence-corrected chi connectivity index (χ3v) is 2.92. The van der Waals surface area contributed by atoms with Crippen LogP contribution in [0.1, 0.15) is 11.6 Å².